The van der Waals surface area contributed by atoms with E-state index in [0.717, 1.165) is 12.2 Å². The second kappa shape index (κ2) is 5.77. The number of rotatable bonds is 5. The van der Waals surface area contributed by atoms with Crippen LogP contribution in [-0.2, 0) is 14.3 Å². The molecule has 0 aliphatic heterocycles. The van der Waals surface area contributed by atoms with Gasteiger partial charge < -0.3 is 9.84 Å². The van der Waals surface area contributed by atoms with Crippen molar-refractivity contribution in [3.8, 4) is 0 Å². The van der Waals surface area contributed by atoms with E-state index in [1.807, 2.05) is 0 Å². The van der Waals surface area contributed by atoms with Crippen molar-refractivity contribution in [3.05, 3.63) is 37.0 Å². The molecule has 0 spiro atoms. The van der Waals surface area contributed by atoms with Crippen molar-refractivity contribution in [3.63, 3.8) is 0 Å². The van der Waals surface area contributed by atoms with Gasteiger partial charge in [0.1, 0.15) is 6.61 Å². The smallest absolute Gasteiger partial charge is 0.337 e. The first-order chi connectivity index (χ1) is 6.07. The minimum Gasteiger partial charge on any atom is -0.478 e. The summed E-state index contributed by atoms with van der Waals surface area (Å²) in [5.74, 6) is -1.80. The molecule has 0 aliphatic carbocycles. The molecule has 13 heavy (non-hydrogen) atoms. The molecule has 0 saturated carbocycles. The third-order valence-electron chi connectivity index (χ3n) is 1.02. The molecular weight excluding hydrogens is 172 g/mol. The van der Waals surface area contributed by atoms with E-state index in [4.69, 9.17) is 5.11 Å². The van der Waals surface area contributed by atoms with Crippen LogP contribution in [0.2, 0.25) is 0 Å². The summed E-state index contributed by atoms with van der Waals surface area (Å²) in [6.45, 7) is 6.75. The minimum atomic E-state index is -1.14. The lowest BCUT2D eigenvalue weighted by molar-refractivity contribution is -0.137. The van der Waals surface area contributed by atoms with Crippen molar-refractivity contribution in [1.82, 2.24) is 0 Å². The van der Waals surface area contributed by atoms with Gasteiger partial charge in [0.15, 0.2) is 0 Å². The predicted molar refractivity (Wildman–Crippen MR) is 47.1 cm³/mol. The van der Waals surface area contributed by atoms with Crippen LogP contribution in [0, 0.1) is 0 Å². The molecule has 4 nitrogen and oxygen atoms in total. The maximum absolute atomic E-state index is 10.9. The summed E-state index contributed by atoms with van der Waals surface area (Å²) in [5.41, 5.74) is -0.00995. The molecule has 0 radical (unpaired) electrons. The van der Waals surface area contributed by atoms with E-state index in [0.29, 0.717) is 0 Å². The third-order valence-corrected chi connectivity index (χ3v) is 1.02. The lowest BCUT2D eigenvalue weighted by Crippen LogP contribution is -2.05. The summed E-state index contributed by atoms with van der Waals surface area (Å²) in [4.78, 5) is 20.9. The van der Waals surface area contributed by atoms with Gasteiger partial charge in [-0.1, -0.05) is 19.2 Å². The van der Waals surface area contributed by atoms with E-state index in [2.05, 4.69) is 17.9 Å². The van der Waals surface area contributed by atoms with Crippen molar-refractivity contribution in [2.45, 2.75) is 0 Å². The molecule has 4 heteroatoms. The number of carboxylic acid groups (broad SMARTS) is 1. The van der Waals surface area contributed by atoms with E-state index in [1.54, 1.807) is 0 Å². The maximum Gasteiger partial charge on any atom is 0.337 e. The van der Waals surface area contributed by atoms with E-state index in [9.17, 15) is 9.59 Å². The van der Waals surface area contributed by atoms with E-state index < -0.39 is 11.9 Å². The molecule has 0 aromatic heterocycles. The highest BCUT2D eigenvalue weighted by atomic mass is 16.5. The number of carboxylic acids is 1. The van der Waals surface area contributed by atoms with Gasteiger partial charge in [-0.3, -0.25) is 0 Å². The SMILES string of the molecule is C=CCOC(=O)C(=C)C=CC(=O)O. The Morgan fingerprint density at radius 1 is 1.38 bits per heavy atom. The summed E-state index contributed by atoms with van der Waals surface area (Å²) < 4.78 is 4.58. The van der Waals surface area contributed by atoms with Crippen LogP contribution in [0.3, 0.4) is 0 Å². The van der Waals surface area contributed by atoms with Crippen LogP contribution in [0.1, 0.15) is 0 Å². The molecule has 0 bridgehead atoms. The average Bonchev–Trinajstić information content (AvgIpc) is 2.10. The molecule has 0 aromatic carbocycles. The molecule has 1 N–H and O–H groups in total. The number of carbonyl (C=O) groups is 2. The monoisotopic (exact) mass is 182 g/mol. The third kappa shape index (κ3) is 5.43. The molecule has 0 rings (SSSR count). The minimum absolute atomic E-state index is 0.00995. The number of esters is 1. The van der Waals surface area contributed by atoms with E-state index >= 15 is 0 Å². The summed E-state index contributed by atoms with van der Waals surface area (Å²) in [5, 5.41) is 8.22. The largest absolute Gasteiger partial charge is 0.478 e. The van der Waals surface area contributed by atoms with Gasteiger partial charge in [0.2, 0.25) is 0 Å². The van der Waals surface area contributed by atoms with Crippen LogP contribution in [0.25, 0.3) is 0 Å². The van der Waals surface area contributed by atoms with Gasteiger partial charge in [-0.05, 0) is 6.08 Å². The van der Waals surface area contributed by atoms with E-state index in [1.165, 1.54) is 6.08 Å². The zero-order chi connectivity index (χ0) is 10.3. The first-order valence-electron chi connectivity index (χ1n) is 3.46. The topological polar surface area (TPSA) is 63.6 Å². The summed E-state index contributed by atoms with van der Waals surface area (Å²) >= 11 is 0. The molecule has 0 fully saturated rings. The number of hydrogen-bond acceptors (Lipinski definition) is 3. The highest BCUT2D eigenvalue weighted by molar-refractivity contribution is 5.93. The lowest BCUT2D eigenvalue weighted by Gasteiger charge is -1.99. The zero-order valence-corrected chi connectivity index (χ0v) is 7.03. The number of aliphatic carboxylic acids is 1. The molecule has 70 valence electrons. The summed E-state index contributed by atoms with van der Waals surface area (Å²) in [7, 11) is 0. The van der Waals surface area contributed by atoms with Gasteiger partial charge in [-0.2, -0.15) is 0 Å². The van der Waals surface area contributed by atoms with Crippen molar-refractivity contribution < 1.29 is 19.4 Å². The summed E-state index contributed by atoms with van der Waals surface area (Å²) in [6, 6.07) is 0. The normalized spacial score (nSPS) is 9.54. The van der Waals surface area contributed by atoms with Crippen molar-refractivity contribution in [2.75, 3.05) is 6.61 Å². The molecule has 0 aliphatic rings. The fourth-order valence-electron chi connectivity index (χ4n) is 0.467. The van der Waals surface area contributed by atoms with Gasteiger partial charge in [0.05, 0.1) is 5.57 Å². The second-order valence-corrected chi connectivity index (χ2v) is 2.08. The highest BCUT2D eigenvalue weighted by Crippen LogP contribution is 1.96. The van der Waals surface area contributed by atoms with Gasteiger partial charge >= 0.3 is 11.9 Å². The van der Waals surface area contributed by atoms with Crippen LogP contribution >= 0.6 is 0 Å². The number of ether oxygens (including phenoxy) is 1. The van der Waals surface area contributed by atoms with Gasteiger partial charge in [-0.15, -0.1) is 0 Å². The van der Waals surface area contributed by atoms with Crippen LogP contribution in [0.5, 0.6) is 0 Å². The van der Waals surface area contributed by atoms with Gasteiger partial charge in [0, 0.05) is 6.08 Å². The highest BCUT2D eigenvalue weighted by Gasteiger charge is 2.03. The maximum atomic E-state index is 10.9. The standard InChI is InChI=1S/C9H10O4/c1-3-6-13-9(12)7(2)4-5-8(10)11/h3-5H,1-2,6H2,(H,10,11). The Kier molecular flexibility index (Phi) is 4.95. The lowest BCUT2D eigenvalue weighted by atomic mass is 10.3. The Hall–Kier alpha value is -1.84. The first kappa shape index (κ1) is 11.2. The Labute approximate surface area is 75.8 Å². The fraction of sp³-hybridized carbons (Fsp3) is 0.111. The predicted octanol–water partition coefficient (Wildman–Crippen LogP) is 0.913. The van der Waals surface area contributed by atoms with Crippen molar-refractivity contribution in [1.29, 1.82) is 0 Å². The van der Waals surface area contributed by atoms with Gasteiger partial charge in [0.25, 0.3) is 0 Å². The summed E-state index contributed by atoms with van der Waals surface area (Å²) in [6.07, 6.45) is 3.30. The molecule has 0 saturated heterocycles. The van der Waals surface area contributed by atoms with Crippen LogP contribution in [0.4, 0.5) is 0 Å². The fourth-order valence-corrected chi connectivity index (χ4v) is 0.467. The van der Waals surface area contributed by atoms with E-state index in [-0.39, 0.29) is 12.2 Å². The number of carbonyl (C=O) groups excluding carboxylic acids is 1. The molecule has 0 heterocycles. The average molecular weight is 182 g/mol. The van der Waals surface area contributed by atoms with Crippen molar-refractivity contribution in [2.24, 2.45) is 0 Å². The number of hydrogen-bond donors (Lipinski definition) is 1. The van der Waals surface area contributed by atoms with Crippen LogP contribution in [-0.4, -0.2) is 23.7 Å². The molecular formula is C9H10O4. The second-order valence-electron chi connectivity index (χ2n) is 2.08. The molecule has 0 atom stereocenters. The molecule has 0 amide bonds. The first-order valence-corrected chi connectivity index (χ1v) is 3.46. The Bertz CT molecular complexity index is 263. The van der Waals surface area contributed by atoms with Crippen molar-refractivity contribution >= 4 is 11.9 Å². The Morgan fingerprint density at radius 2 is 2.00 bits per heavy atom. The van der Waals surface area contributed by atoms with Crippen LogP contribution < -0.4 is 0 Å². The molecule has 0 aromatic rings. The Morgan fingerprint density at radius 3 is 2.46 bits per heavy atom. The van der Waals surface area contributed by atoms with Gasteiger partial charge in [-0.25, -0.2) is 9.59 Å². The molecule has 0 unspecified atom stereocenters. The quantitative estimate of drug-likeness (QED) is 0.297. The van der Waals surface area contributed by atoms with Crippen LogP contribution in [0.15, 0.2) is 37.0 Å². The Balaban J connectivity index is 4.03. The zero-order valence-electron chi connectivity index (χ0n) is 7.03.